The number of fused-ring (bicyclic) bond motifs is 4. The molecule has 6 heterocycles. The van der Waals surface area contributed by atoms with Crippen LogP contribution in [0.2, 0.25) is 0 Å². The molecule has 30 nitrogen and oxygen atoms in total. The van der Waals surface area contributed by atoms with Crippen LogP contribution in [-0.4, -0.2) is 167 Å². The lowest BCUT2D eigenvalue weighted by Crippen LogP contribution is -2.53. The number of anilines is 2. The van der Waals surface area contributed by atoms with E-state index in [4.69, 9.17) is 44.1 Å². The molecule has 3 aliphatic heterocycles. The molecule has 7 amide bonds. The van der Waals surface area contributed by atoms with Crippen LogP contribution in [0.15, 0.2) is 66.1 Å². The average Bonchev–Trinajstić information content (AvgIpc) is 1.76. The summed E-state index contributed by atoms with van der Waals surface area (Å²) in [4.78, 5) is 135. The van der Waals surface area contributed by atoms with Gasteiger partial charge in [0.25, 0.3) is 17.4 Å². The molecule has 3 aromatic heterocycles. The normalized spacial score (nSPS) is 25.6. The van der Waals surface area contributed by atoms with Crippen molar-refractivity contribution in [1.82, 2.24) is 49.9 Å². The highest BCUT2D eigenvalue weighted by atomic mass is 32.7. The maximum Gasteiger partial charge on any atom is 0.409 e. The number of aliphatic hydroxyl groups excluding tert-OH is 1. The van der Waals surface area contributed by atoms with E-state index >= 15 is 0 Å². The maximum atomic E-state index is 13.9. The number of aromatic amines is 1. The second-order valence-corrected chi connectivity index (χ2v) is 28.2. The van der Waals surface area contributed by atoms with Crippen molar-refractivity contribution in [3.05, 3.63) is 77.3 Å². The van der Waals surface area contributed by atoms with Crippen molar-refractivity contribution in [3.8, 4) is 5.88 Å². The number of rotatable bonds is 22. The lowest BCUT2D eigenvalue weighted by Gasteiger charge is -2.29. The molecule has 34 heteroatoms. The zero-order chi connectivity index (χ0) is 63.0. The van der Waals surface area contributed by atoms with Gasteiger partial charge in [0.2, 0.25) is 35.5 Å². The molecule has 2 bridgehead atoms. The Morgan fingerprint density at radius 1 is 0.931 bits per heavy atom. The van der Waals surface area contributed by atoms with Gasteiger partial charge in [-0.3, -0.25) is 57.9 Å². The number of nitrogens with zero attached hydrogens (tertiary/aromatic N) is 7. The maximum absolute atomic E-state index is 13.9. The number of imidazole rings is 1. The fourth-order valence-corrected chi connectivity index (χ4v) is 13.2. The summed E-state index contributed by atoms with van der Waals surface area (Å²) in [6.45, 7) is -0.532. The van der Waals surface area contributed by atoms with Gasteiger partial charge in [-0.1, -0.05) is 58.5 Å². The van der Waals surface area contributed by atoms with E-state index in [0.717, 1.165) is 4.90 Å². The molecule has 3 fully saturated rings. The number of hydrogen-bond donors (Lipinski definition) is 8. The predicted molar refractivity (Wildman–Crippen MR) is 316 cm³/mol. The molecule has 4 aromatic rings. The monoisotopic (exact) mass is 1290 g/mol. The zero-order valence-electron chi connectivity index (χ0n) is 48.3. The van der Waals surface area contributed by atoms with E-state index in [1.165, 1.54) is 54.4 Å². The number of unbranched alkanes of at least 4 members (excludes halogenated alkanes) is 2. The number of aliphatic hydroxyl groups is 1. The Bertz CT molecular complexity index is 3360. The lowest BCUT2D eigenvalue weighted by molar-refractivity contribution is -0.137. The van der Waals surface area contributed by atoms with Gasteiger partial charge < -0.3 is 58.6 Å². The molecule has 8 rings (SSSR count). The minimum absolute atomic E-state index is 0.0373. The summed E-state index contributed by atoms with van der Waals surface area (Å²) in [5, 5.41) is 22.2. The number of aromatic nitrogens is 6. The van der Waals surface area contributed by atoms with Gasteiger partial charge in [-0.15, -0.1) is 0 Å². The van der Waals surface area contributed by atoms with E-state index in [9.17, 15) is 52.9 Å². The highest BCUT2D eigenvalue weighted by molar-refractivity contribution is 8.44. The largest absolute Gasteiger partial charge is 0.474 e. The second kappa shape index (κ2) is 28.7. The number of carbonyl (C=O) groups excluding carboxylic acids is 7. The van der Waals surface area contributed by atoms with E-state index in [1.807, 2.05) is 0 Å². The lowest BCUT2D eigenvalue weighted by atomic mass is 9.88. The summed E-state index contributed by atoms with van der Waals surface area (Å²) >= 11 is 9.59. The molecule has 0 spiro atoms. The molecular formula is C53H70N12O18P2S2. The first-order chi connectivity index (χ1) is 41.1. The number of thiol groups is 1. The molecule has 1 saturated carbocycles. The summed E-state index contributed by atoms with van der Waals surface area (Å²) in [6, 6.07) is 6.13. The first-order valence-electron chi connectivity index (χ1n) is 27.9. The van der Waals surface area contributed by atoms with Crippen molar-refractivity contribution < 1.29 is 80.4 Å². The first-order valence-corrected chi connectivity index (χ1v) is 33.2. The van der Waals surface area contributed by atoms with Gasteiger partial charge in [-0.05, 0) is 67.0 Å². The van der Waals surface area contributed by atoms with Crippen LogP contribution in [-0.2, 0) is 79.3 Å². The molecule has 472 valence electrons. The highest BCUT2D eigenvalue weighted by Crippen LogP contribution is 2.59. The smallest absolute Gasteiger partial charge is 0.409 e. The van der Waals surface area contributed by atoms with Crippen LogP contribution in [0.4, 0.5) is 16.4 Å². The number of nitrogens with one attached hydrogen (secondary N) is 5. The Morgan fingerprint density at radius 3 is 2.37 bits per heavy atom. The van der Waals surface area contributed by atoms with E-state index in [1.54, 1.807) is 58.0 Å². The number of benzene rings is 1. The summed E-state index contributed by atoms with van der Waals surface area (Å²) in [6.07, 6.45) is 0.673. The molecule has 4 aliphatic rings. The minimum atomic E-state index is -4.35. The molecule has 0 radical (unpaired) electrons. The van der Waals surface area contributed by atoms with Gasteiger partial charge in [0.05, 0.1) is 25.6 Å². The standard InChI is InChI=1S/C53H70N12O18P2S2/c1-29(2)42(59-37(66)10-8-7-9-19-64-40(68)15-16-41(64)69)48(72)57-30(3)47(71)58-33-13-11-31(12-14-33)23-77-52(74)63(6)26-53(4,5)22-38(67)60-51-61-46-43(49(73)62-51)56-28-65(46)50-45-44(70)36(81-50)25-79-84(75,86)82-35-21-34(80-39-17-18-54-27-55-39)20-32(35)24-78-85(76,87)83-45/h11-18,27-30,32,34-36,42,44-45,50,70H,7-10,19-26H2,1-6H3,(H,57,72)(H,58,71)(H,59,66)(H,75,86)(H,76,87)(H2,60,61,62,67,73)/t30-,32+,34+,35-,36-,42-,44+,45+,50+,84?,85?/m0/s1. The molecule has 1 aromatic carbocycles. The third kappa shape index (κ3) is 18.0. The quantitative estimate of drug-likeness (QED) is 0.0240. The van der Waals surface area contributed by atoms with Gasteiger partial charge in [0.1, 0.15) is 49.4 Å². The number of carbonyl (C=O) groups is 7. The minimum Gasteiger partial charge on any atom is -0.474 e. The Morgan fingerprint density at radius 2 is 1.67 bits per heavy atom. The van der Waals surface area contributed by atoms with Crippen molar-refractivity contribution in [3.63, 3.8) is 0 Å². The van der Waals surface area contributed by atoms with Crippen molar-refractivity contribution in [1.29, 1.82) is 0 Å². The van der Waals surface area contributed by atoms with Gasteiger partial charge in [-0.25, -0.2) is 24.3 Å². The number of hydrogen-bond acceptors (Lipinski definition) is 22. The van der Waals surface area contributed by atoms with Crippen LogP contribution in [0.3, 0.4) is 0 Å². The summed E-state index contributed by atoms with van der Waals surface area (Å²) in [5.41, 5.74) is -1.03. The Labute approximate surface area is 509 Å². The van der Waals surface area contributed by atoms with Gasteiger partial charge in [-0.2, -0.15) is 4.98 Å². The van der Waals surface area contributed by atoms with Crippen molar-refractivity contribution in [2.75, 3.05) is 44.0 Å². The Hall–Kier alpha value is -6.57. The molecule has 2 unspecified atom stereocenters. The molecule has 7 N–H and O–H groups in total. The SMILES string of the molecule is CC(C)[C@H](NC(=O)CCCCCN1C(=O)C=CC1=O)C(=O)N[C@@H](C)C(=O)Nc1ccc(COC(=O)N(C)CC(C)(C)CC(=O)Nc2nc3c(ncn3[C@@H]3O[C@H]4COP(O)(=S)O[C@H]5C[C@H](Oc6ccncn6)C[C@@H]5COP(=O)(S)O[C@@H]3[C@@H]4O)c(=O)[nH]2)cc1. The summed E-state index contributed by atoms with van der Waals surface area (Å²) in [7, 11) is 1.49. The average molecular weight is 1290 g/mol. The van der Waals surface area contributed by atoms with E-state index in [0.29, 0.717) is 42.8 Å². The van der Waals surface area contributed by atoms with Crippen LogP contribution in [0.5, 0.6) is 5.88 Å². The fourth-order valence-electron chi connectivity index (χ4n) is 10.2. The van der Waals surface area contributed by atoms with Crippen molar-refractivity contribution in [2.45, 2.75) is 135 Å². The fraction of sp³-hybridized carbons (Fsp3) is 0.547. The van der Waals surface area contributed by atoms with Gasteiger partial charge >= 0.3 is 19.6 Å². The van der Waals surface area contributed by atoms with Crippen molar-refractivity contribution in [2.24, 2.45) is 17.3 Å². The third-order valence-electron chi connectivity index (χ3n) is 14.5. The highest BCUT2D eigenvalue weighted by Gasteiger charge is 2.51. The molecule has 1 aliphatic carbocycles. The molecule has 11 atom stereocenters. The summed E-state index contributed by atoms with van der Waals surface area (Å²) < 4.78 is 56.1. The molecular weight excluding hydrogens is 1220 g/mol. The first kappa shape index (κ1) is 66.4. The van der Waals surface area contributed by atoms with Gasteiger partial charge in [0.15, 0.2) is 17.4 Å². The zero-order valence-corrected chi connectivity index (χ0v) is 51.8. The summed E-state index contributed by atoms with van der Waals surface area (Å²) in [5.74, 6) is -3.58. The topological polar surface area (TPSA) is 386 Å². The number of amides is 7. The number of H-pyrrole nitrogens is 1. The Balaban J connectivity index is 0.795. The third-order valence-corrected chi connectivity index (χ3v) is 17.7. The van der Waals surface area contributed by atoms with Crippen LogP contribution in [0.25, 0.3) is 11.2 Å². The van der Waals surface area contributed by atoms with Gasteiger partial charge in [0, 0.05) is 75.4 Å². The predicted octanol–water partition coefficient (Wildman–Crippen LogP) is 3.79. The van der Waals surface area contributed by atoms with Crippen molar-refractivity contribution >= 4 is 102 Å². The number of ether oxygens (including phenoxy) is 3. The van der Waals surface area contributed by atoms with Crippen LogP contribution in [0.1, 0.15) is 91.4 Å². The van der Waals surface area contributed by atoms with E-state index in [-0.39, 0.29) is 86.3 Å². The Kier molecular flexibility index (Phi) is 21.9. The number of imide groups is 1. The van der Waals surface area contributed by atoms with Crippen LogP contribution >= 0.6 is 25.8 Å². The van der Waals surface area contributed by atoms with Crippen LogP contribution in [0, 0.1) is 17.3 Å². The molecule has 87 heavy (non-hydrogen) atoms. The second-order valence-electron chi connectivity index (χ2n) is 22.5. The van der Waals surface area contributed by atoms with E-state index in [2.05, 4.69) is 58.4 Å². The van der Waals surface area contributed by atoms with E-state index < -0.39 is 110 Å². The van der Waals surface area contributed by atoms with Crippen LogP contribution < -0.4 is 31.6 Å². The molecule has 2 saturated heterocycles.